The molecular weight excluding hydrogens is 182 g/mol. The zero-order chi connectivity index (χ0) is 10.4. The second-order valence-corrected chi connectivity index (χ2v) is 5.20. The Balaban J connectivity index is 1.98. The maximum atomic E-state index is 2.54. The van der Waals surface area contributed by atoms with E-state index in [0.717, 1.165) is 5.92 Å². The van der Waals surface area contributed by atoms with Gasteiger partial charge in [0.15, 0.2) is 0 Å². The number of benzene rings is 1. The molecule has 2 aliphatic rings. The van der Waals surface area contributed by atoms with Crippen LogP contribution in [0.2, 0.25) is 0 Å². The number of anilines is 1. The van der Waals surface area contributed by atoms with Gasteiger partial charge in [-0.25, -0.2) is 0 Å². The van der Waals surface area contributed by atoms with Gasteiger partial charge in [0.2, 0.25) is 0 Å². The quantitative estimate of drug-likeness (QED) is 0.709. The Morgan fingerprint density at radius 1 is 1.27 bits per heavy atom. The van der Waals surface area contributed by atoms with Gasteiger partial charge in [-0.2, -0.15) is 0 Å². The van der Waals surface area contributed by atoms with E-state index in [1.807, 2.05) is 0 Å². The van der Waals surface area contributed by atoms with Crippen molar-refractivity contribution in [2.45, 2.75) is 45.1 Å². The third kappa shape index (κ3) is 1.54. The molecule has 3 rings (SSSR count). The molecule has 0 amide bonds. The summed E-state index contributed by atoms with van der Waals surface area (Å²) in [4.78, 5) is 2.54. The molecule has 1 heterocycles. The van der Waals surface area contributed by atoms with Crippen molar-refractivity contribution in [3.8, 4) is 0 Å². The second kappa shape index (κ2) is 3.26. The maximum absolute atomic E-state index is 2.54. The minimum absolute atomic E-state index is 0.640. The van der Waals surface area contributed by atoms with Crippen molar-refractivity contribution < 1.29 is 0 Å². The summed E-state index contributed by atoms with van der Waals surface area (Å²) < 4.78 is 0. The van der Waals surface area contributed by atoms with Crippen LogP contribution in [0.15, 0.2) is 18.2 Å². The van der Waals surface area contributed by atoms with Gasteiger partial charge >= 0.3 is 0 Å². The fraction of sp³-hybridized carbons (Fsp3) is 0.571. The van der Waals surface area contributed by atoms with E-state index in [0.29, 0.717) is 6.04 Å². The van der Waals surface area contributed by atoms with Gasteiger partial charge in [-0.15, -0.1) is 0 Å². The Hall–Kier alpha value is -0.980. The lowest BCUT2D eigenvalue weighted by Crippen LogP contribution is -2.28. The van der Waals surface area contributed by atoms with Crippen LogP contribution in [0.25, 0.3) is 0 Å². The maximum Gasteiger partial charge on any atom is 0.0404 e. The topological polar surface area (TPSA) is 3.24 Å². The van der Waals surface area contributed by atoms with E-state index in [-0.39, 0.29) is 0 Å². The Kier molecular flexibility index (Phi) is 2.01. The van der Waals surface area contributed by atoms with Crippen molar-refractivity contribution in [2.24, 2.45) is 0 Å². The second-order valence-electron chi connectivity index (χ2n) is 5.20. The predicted octanol–water partition coefficient (Wildman–Crippen LogP) is 3.33. The summed E-state index contributed by atoms with van der Waals surface area (Å²) >= 11 is 0. The average Bonchev–Trinajstić information content (AvgIpc) is 2.97. The average molecular weight is 201 g/mol. The number of rotatable bonds is 2. The van der Waals surface area contributed by atoms with E-state index in [1.165, 1.54) is 31.5 Å². The summed E-state index contributed by atoms with van der Waals surface area (Å²) in [6.45, 7) is 5.79. The molecule has 15 heavy (non-hydrogen) atoms. The Morgan fingerprint density at radius 3 is 2.73 bits per heavy atom. The lowest BCUT2D eigenvalue weighted by atomic mass is 10.1. The van der Waals surface area contributed by atoms with Gasteiger partial charge < -0.3 is 4.90 Å². The monoisotopic (exact) mass is 201 g/mol. The van der Waals surface area contributed by atoms with E-state index < -0.39 is 0 Å². The highest BCUT2D eigenvalue weighted by molar-refractivity contribution is 5.60. The molecule has 0 bridgehead atoms. The molecule has 0 saturated heterocycles. The van der Waals surface area contributed by atoms with Crippen LogP contribution >= 0.6 is 0 Å². The van der Waals surface area contributed by atoms with Crippen LogP contribution in [0.1, 0.15) is 43.7 Å². The number of fused-ring (bicyclic) bond motifs is 1. The van der Waals surface area contributed by atoms with Gasteiger partial charge in [0.25, 0.3) is 0 Å². The molecule has 0 atom stereocenters. The molecule has 1 aromatic rings. The first-order valence-electron chi connectivity index (χ1n) is 6.15. The largest absolute Gasteiger partial charge is 0.369 e. The Bertz CT molecular complexity index is 377. The summed E-state index contributed by atoms with van der Waals surface area (Å²) in [5.74, 6) is 0.880. The van der Waals surface area contributed by atoms with Crippen molar-refractivity contribution in [3.05, 3.63) is 29.3 Å². The van der Waals surface area contributed by atoms with Gasteiger partial charge in [0.05, 0.1) is 0 Å². The van der Waals surface area contributed by atoms with Crippen LogP contribution in [-0.2, 0) is 6.42 Å². The summed E-state index contributed by atoms with van der Waals surface area (Å²) in [5, 5.41) is 0. The van der Waals surface area contributed by atoms with E-state index in [2.05, 4.69) is 36.9 Å². The molecule has 1 saturated carbocycles. The van der Waals surface area contributed by atoms with Crippen molar-refractivity contribution >= 4 is 5.69 Å². The fourth-order valence-corrected chi connectivity index (χ4v) is 2.63. The fourth-order valence-electron chi connectivity index (χ4n) is 2.63. The van der Waals surface area contributed by atoms with Crippen LogP contribution in [0.5, 0.6) is 0 Å². The molecular formula is C14H19N. The smallest absolute Gasteiger partial charge is 0.0404 e. The summed E-state index contributed by atoms with van der Waals surface area (Å²) in [5.41, 5.74) is 4.63. The minimum atomic E-state index is 0.640. The normalized spacial score (nSPS) is 19.8. The molecule has 1 fully saturated rings. The van der Waals surface area contributed by atoms with Gasteiger partial charge in [-0.1, -0.05) is 12.1 Å². The van der Waals surface area contributed by atoms with Crippen LogP contribution in [0.3, 0.4) is 0 Å². The van der Waals surface area contributed by atoms with E-state index >= 15 is 0 Å². The molecule has 1 nitrogen and oxygen atoms in total. The zero-order valence-corrected chi connectivity index (χ0v) is 9.66. The molecule has 0 spiro atoms. The lowest BCUT2D eigenvalue weighted by molar-refractivity contribution is 0.710. The number of nitrogens with zero attached hydrogens (tertiary/aromatic N) is 1. The molecule has 0 unspecified atom stereocenters. The van der Waals surface area contributed by atoms with Gasteiger partial charge in [-0.05, 0) is 56.2 Å². The first kappa shape index (κ1) is 9.26. The van der Waals surface area contributed by atoms with E-state index in [4.69, 9.17) is 0 Å². The van der Waals surface area contributed by atoms with Gasteiger partial charge in [0.1, 0.15) is 0 Å². The van der Waals surface area contributed by atoms with Crippen LogP contribution < -0.4 is 4.90 Å². The van der Waals surface area contributed by atoms with Crippen LogP contribution in [0.4, 0.5) is 5.69 Å². The minimum Gasteiger partial charge on any atom is -0.369 e. The standard InChI is InChI=1S/C14H19N/c1-10(2)15-8-7-12-5-6-13(9-14(12)15)11-3-4-11/h5-6,9-11H,3-4,7-8H2,1-2H3. The summed E-state index contributed by atoms with van der Waals surface area (Å²) in [6, 6.07) is 7.78. The van der Waals surface area contributed by atoms with E-state index in [9.17, 15) is 0 Å². The summed E-state index contributed by atoms with van der Waals surface area (Å²) in [6.07, 6.45) is 4.04. The lowest BCUT2D eigenvalue weighted by Gasteiger charge is -2.24. The van der Waals surface area contributed by atoms with Crippen LogP contribution in [-0.4, -0.2) is 12.6 Å². The van der Waals surface area contributed by atoms with Crippen molar-refractivity contribution in [2.75, 3.05) is 11.4 Å². The third-order valence-electron chi connectivity index (χ3n) is 3.71. The van der Waals surface area contributed by atoms with Crippen molar-refractivity contribution in [1.82, 2.24) is 0 Å². The number of hydrogen-bond donors (Lipinski definition) is 0. The van der Waals surface area contributed by atoms with E-state index in [1.54, 1.807) is 11.1 Å². The van der Waals surface area contributed by atoms with Crippen LogP contribution in [0, 0.1) is 0 Å². The molecule has 80 valence electrons. The molecule has 1 heteroatoms. The van der Waals surface area contributed by atoms with Gasteiger partial charge in [0, 0.05) is 18.3 Å². The summed E-state index contributed by atoms with van der Waals surface area (Å²) in [7, 11) is 0. The first-order chi connectivity index (χ1) is 7.25. The highest BCUT2D eigenvalue weighted by atomic mass is 15.2. The zero-order valence-electron chi connectivity index (χ0n) is 9.66. The molecule has 0 radical (unpaired) electrons. The highest BCUT2D eigenvalue weighted by Gasteiger charge is 2.27. The Morgan fingerprint density at radius 2 is 2.07 bits per heavy atom. The SMILES string of the molecule is CC(C)N1CCc2ccc(C3CC3)cc21. The Labute approximate surface area is 92.1 Å². The molecule has 1 aromatic carbocycles. The molecule has 0 aromatic heterocycles. The van der Waals surface area contributed by atoms with Gasteiger partial charge in [-0.3, -0.25) is 0 Å². The van der Waals surface area contributed by atoms with Crippen molar-refractivity contribution in [1.29, 1.82) is 0 Å². The molecule has 0 N–H and O–H groups in total. The molecule has 1 aliphatic heterocycles. The molecule has 1 aliphatic carbocycles. The number of hydrogen-bond acceptors (Lipinski definition) is 1. The first-order valence-corrected chi connectivity index (χ1v) is 6.15. The van der Waals surface area contributed by atoms with Crippen molar-refractivity contribution in [3.63, 3.8) is 0 Å². The predicted molar refractivity (Wildman–Crippen MR) is 64.6 cm³/mol. The highest BCUT2D eigenvalue weighted by Crippen LogP contribution is 2.42. The third-order valence-corrected chi connectivity index (χ3v) is 3.71.